The molecule has 0 aromatic heterocycles. The van der Waals surface area contributed by atoms with Gasteiger partial charge in [-0.15, -0.1) is 0 Å². The zero-order chi connectivity index (χ0) is 17.6. The fourth-order valence-electron chi connectivity index (χ4n) is 3.28. The van der Waals surface area contributed by atoms with E-state index in [2.05, 4.69) is 5.32 Å². The Bertz CT molecular complexity index is 717. The highest BCUT2D eigenvalue weighted by atomic mass is 16.6. The summed E-state index contributed by atoms with van der Waals surface area (Å²) in [5.41, 5.74) is 2.08. The third-order valence-corrected chi connectivity index (χ3v) is 4.50. The van der Waals surface area contributed by atoms with Crippen molar-refractivity contribution in [3.63, 3.8) is 0 Å². The molecule has 2 N–H and O–H groups in total. The number of ether oxygens (including phenoxy) is 1. The van der Waals surface area contributed by atoms with Crippen molar-refractivity contribution in [3.05, 3.63) is 71.8 Å². The molecule has 25 heavy (non-hydrogen) atoms. The van der Waals surface area contributed by atoms with Crippen molar-refractivity contribution in [2.45, 2.75) is 31.4 Å². The van der Waals surface area contributed by atoms with E-state index in [9.17, 15) is 9.59 Å². The van der Waals surface area contributed by atoms with Gasteiger partial charge in [0.1, 0.15) is 6.10 Å². The van der Waals surface area contributed by atoms with E-state index < -0.39 is 18.2 Å². The monoisotopic (exact) mass is 339 g/mol. The molecule has 0 aliphatic carbocycles. The van der Waals surface area contributed by atoms with Gasteiger partial charge in [0.05, 0.1) is 12.0 Å². The summed E-state index contributed by atoms with van der Waals surface area (Å²) >= 11 is 0. The van der Waals surface area contributed by atoms with Crippen LogP contribution in [0.25, 0.3) is 0 Å². The van der Waals surface area contributed by atoms with Crippen LogP contribution in [0.2, 0.25) is 0 Å². The Balaban J connectivity index is 1.69. The van der Waals surface area contributed by atoms with E-state index in [-0.39, 0.29) is 11.9 Å². The molecule has 0 radical (unpaired) electrons. The SMILES string of the molecule is O=C(O)N[C@@H](Cc1ccccc1)[C@H]1C[C@@H](Cc2ccccc2)C(=O)O1. The zero-order valence-electron chi connectivity index (χ0n) is 13.8. The Hall–Kier alpha value is -2.82. The molecule has 5 heteroatoms. The summed E-state index contributed by atoms with van der Waals surface area (Å²) in [6.07, 6.45) is 0.0664. The fraction of sp³-hybridized carbons (Fsp3) is 0.300. The van der Waals surface area contributed by atoms with Gasteiger partial charge in [-0.2, -0.15) is 0 Å². The van der Waals surface area contributed by atoms with E-state index in [1.165, 1.54) is 0 Å². The highest BCUT2D eigenvalue weighted by molar-refractivity contribution is 5.75. The molecule has 3 atom stereocenters. The fourth-order valence-corrected chi connectivity index (χ4v) is 3.28. The molecule has 0 unspecified atom stereocenters. The summed E-state index contributed by atoms with van der Waals surface area (Å²) in [6.45, 7) is 0. The predicted molar refractivity (Wildman–Crippen MR) is 93.2 cm³/mol. The van der Waals surface area contributed by atoms with Crippen LogP contribution in [0.3, 0.4) is 0 Å². The number of benzene rings is 2. The number of carboxylic acid groups (broad SMARTS) is 1. The number of carbonyl (C=O) groups excluding carboxylic acids is 1. The van der Waals surface area contributed by atoms with E-state index in [0.717, 1.165) is 11.1 Å². The Morgan fingerprint density at radius 1 is 1.08 bits per heavy atom. The van der Waals surface area contributed by atoms with E-state index in [1.807, 2.05) is 60.7 Å². The minimum atomic E-state index is -1.11. The summed E-state index contributed by atoms with van der Waals surface area (Å²) in [4.78, 5) is 23.4. The highest BCUT2D eigenvalue weighted by Crippen LogP contribution is 2.28. The van der Waals surface area contributed by atoms with Crippen molar-refractivity contribution in [3.8, 4) is 0 Å². The number of carbonyl (C=O) groups is 2. The van der Waals surface area contributed by atoms with Crippen molar-refractivity contribution in [2.75, 3.05) is 0 Å². The van der Waals surface area contributed by atoms with Crippen LogP contribution in [0.4, 0.5) is 4.79 Å². The number of rotatable bonds is 6. The first-order chi connectivity index (χ1) is 12.1. The third-order valence-electron chi connectivity index (χ3n) is 4.50. The van der Waals surface area contributed by atoms with Crippen molar-refractivity contribution in [1.29, 1.82) is 0 Å². The first kappa shape index (κ1) is 17.0. The summed E-state index contributed by atoms with van der Waals surface area (Å²) < 4.78 is 5.52. The molecular formula is C20H21NO4. The van der Waals surface area contributed by atoms with Crippen LogP contribution < -0.4 is 5.32 Å². The lowest BCUT2D eigenvalue weighted by molar-refractivity contribution is -0.145. The maximum absolute atomic E-state index is 12.2. The quantitative estimate of drug-likeness (QED) is 0.793. The Labute approximate surface area is 146 Å². The number of amides is 1. The van der Waals surface area contributed by atoms with Gasteiger partial charge < -0.3 is 15.2 Å². The van der Waals surface area contributed by atoms with Crippen molar-refractivity contribution in [2.24, 2.45) is 5.92 Å². The average Bonchev–Trinajstić information content (AvgIpc) is 2.96. The van der Waals surface area contributed by atoms with E-state index in [1.54, 1.807) is 0 Å². The summed E-state index contributed by atoms with van der Waals surface area (Å²) in [5, 5.41) is 11.7. The van der Waals surface area contributed by atoms with Crippen LogP contribution in [-0.4, -0.2) is 29.3 Å². The largest absolute Gasteiger partial charge is 0.465 e. The summed E-state index contributed by atoms with van der Waals surface area (Å²) in [5.74, 6) is -0.486. The van der Waals surface area contributed by atoms with Gasteiger partial charge in [-0.25, -0.2) is 4.79 Å². The van der Waals surface area contributed by atoms with Gasteiger partial charge in [-0.3, -0.25) is 4.79 Å². The number of hydrogen-bond donors (Lipinski definition) is 2. The molecule has 1 fully saturated rings. The second-order valence-corrected chi connectivity index (χ2v) is 6.34. The second-order valence-electron chi connectivity index (χ2n) is 6.34. The van der Waals surface area contributed by atoms with Crippen LogP contribution in [-0.2, 0) is 22.4 Å². The summed E-state index contributed by atoms with van der Waals surface area (Å²) in [7, 11) is 0. The van der Waals surface area contributed by atoms with Crippen molar-refractivity contribution < 1.29 is 19.4 Å². The molecule has 1 aliphatic rings. The van der Waals surface area contributed by atoms with E-state index in [4.69, 9.17) is 9.84 Å². The molecule has 0 saturated carbocycles. The molecule has 1 amide bonds. The standard InChI is InChI=1S/C20H21NO4/c22-19-16(11-14-7-3-1-4-8-14)13-18(25-19)17(21-20(23)24)12-15-9-5-2-6-10-15/h1-10,16-18,21H,11-13H2,(H,23,24)/t16-,17+,18-/m1/s1. The van der Waals surface area contributed by atoms with Gasteiger partial charge >= 0.3 is 12.1 Å². The maximum atomic E-state index is 12.2. The molecule has 130 valence electrons. The van der Waals surface area contributed by atoms with Gasteiger partial charge in [0.25, 0.3) is 0 Å². The second kappa shape index (κ2) is 7.83. The normalized spacial score (nSPS) is 20.7. The number of cyclic esters (lactones) is 1. The maximum Gasteiger partial charge on any atom is 0.405 e. The number of nitrogens with one attached hydrogen (secondary N) is 1. The lowest BCUT2D eigenvalue weighted by atomic mass is 9.92. The molecule has 3 rings (SSSR count). The van der Waals surface area contributed by atoms with Gasteiger partial charge in [-0.1, -0.05) is 60.7 Å². The molecule has 5 nitrogen and oxygen atoms in total. The smallest absolute Gasteiger partial charge is 0.405 e. The van der Waals surface area contributed by atoms with Gasteiger partial charge in [0.2, 0.25) is 0 Å². The molecule has 2 aromatic carbocycles. The molecule has 1 aliphatic heterocycles. The molecule has 0 spiro atoms. The van der Waals surface area contributed by atoms with Crippen LogP contribution in [0.1, 0.15) is 17.5 Å². The van der Waals surface area contributed by atoms with Crippen LogP contribution in [0, 0.1) is 5.92 Å². The summed E-state index contributed by atoms with van der Waals surface area (Å²) in [6, 6.07) is 18.9. The third kappa shape index (κ3) is 4.59. The minimum absolute atomic E-state index is 0.235. The van der Waals surface area contributed by atoms with Crippen LogP contribution in [0.5, 0.6) is 0 Å². The molecule has 2 aromatic rings. The van der Waals surface area contributed by atoms with Gasteiger partial charge in [0.15, 0.2) is 0 Å². The Morgan fingerprint density at radius 3 is 2.28 bits per heavy atom. The zero-order valence-corrected chi connectivity index (χ0v) is 13.8. The Morgan fingerprint density at radius 2 is 1.68 bits per heavy atom. The van der Waals surface area contributed by atoms with Crippen molar-refractivity contribution >= 4 is 12.1 Å². The van der Waals surface area contributed by atoms with Crippen LogP contribution in [0.15, 0.2) is 60.7 Å². The minimum Gasteiger partial charge on any atom is -0.465 e. The molecular weight excluding hydrogens is 318 g/mol. The number of esters is 1. The Kier molecular flexibility index (Phi) is 5.33. The topological polar surface area (TPSA) is 75.6 Å². The highest BCUT2D eigenvalue weighted by Gasteiger charge is 2.39. The molecule has 1 saturated heterocycles. The van der Waals surface area contributed by atoms with Crippen LogP contribution >= 0.6 is 0 Å². The van der Waals surface area contributed by atoms with Gasteiger partial charge in [0, 0.05) is 6.42 Å². The number of hydrogen-bond acceptors (Lipinski definition) is 3. The lowest BCUT2D eigenvalue weighted by Gasteiger charge is -2.22. The van der Waals surface area contributed by atoms with E-state index in [0.29, 0.717) is 19.3 Å². The molecule has 0 bridgehead atoms. The first-order valence-corrected chi connectivity index (χ1v) is 8.39. The molecule has 1 heterocycles. The van der Waals surface area contributed by atoms with Gasteiger partial charge in [-0.05, 0) is 24.0 Å². The predicted octanol–water partition coefficient (Wildman–Crippen LogP) is 3.04. The van der Waals surface area contributed by atoms with Crippen molar-refractivity contribution in [1.82, 2.24) is 5.32 Å². The van der Waals surface area contributed by atoms with E-state index >= 15 is 0 Å². The average molecular weight is 339 g/mol. The first-order valence-electron chi connectivity index (χ1n) is 8.39. The lowest BCUT2D eigenvalue weighted by Crippen LogP contribution is -2.44.